The van der Waals surface area contributed by atoms with Gasteiger partial charge >= 0.3 is 0 Å². The second-order valence-corrected chi connectivity index (χ2v) is 5.60. The summed E-state index contributed by atoms with van der Waals surface area (Å²) >= 11 is 2.17. The Morgan fingerprint density at radius 1 is 1.59 bits per heavy atom. The van der Waals surface area contributed by atoms with E-state index in [1.54, 1.807) is 0 Å². The second kappa shape index (κ2) is 6.39. The first-order valence-electron chi connectivity index (χ1n) is 5.95. The van der Waals surface area contributed by atoms with Crippen molar-refractivity contribution >= 4 is 28.5 Å². The van der Waals surface area contributed by atoms with Crippen molar-refractivity contribution in [3.05, 3.63) is 21.5 Å². The average molecular weight is 348 g/mol. The summed E-state index contributed by atoms with van der Waals surface area (Å²) in [4.78, 5) is 14.6. The molecule has 2 N–H and O–H groups in total. The first-order chi connectivity index (χ1) is 8.25. The van der Waals surface area contributed by atoms with E-state index in [0.717, 1.165) is 29.1 Å². The van der Waals surface area contributed by atoms with Crippen LogP contribution in [0, 0.1) is 9.49 Å². The van der Waals surface area contributed by atoms with Crippen LogP contribution in [0.15, 0.2) is 12.3 Å². The van der Waals surface area contributed by atoms with E-state index in [0.29, 0.717) is 12.2 Å². The van der Waals surface area contributed by atoms with E-state index in [-0.39, 0.29) is 5.91 Å². The zero-order chi connectivity index (χ0) is 12.1. The van der Waals surface area contributed by atoms with Gasteiger partial charge in [-0.2, -0.15) is 0 Å². The molecule has 17 heavy (non-hydrogen) atoms. The Bertz CT molecular complexity index is 374. The van der Waals surface area contributed by atoms with Crippen LogP contribution >= 0.6 is 22.6 Å². The molecule has 0 bridgehead atoms. The lowest BCUT2D eigenvalue weighted by Gasteiger charge is -2.04. The number of nitrogens with one attached hydrogen (secondary N) is 2. The number of carbonyl (C=O) groups is 1. The van der Waals surface area contributed by atoms with Crippen LogP contribution < -0.4 is 5.32 Å². The van der Waals surface area contributed by atoms with Crippen molar-refractivity contribution in [3.8, 4) is 0 Å². The first kappa shape index (κ1) is 12.9. The van der Waals surface area contributed by atoms with Crippen LogP contribution in [0.25, 0.3) is 0 Å². The number of rotatable bonds is 7. The number of ether oxygens (including phenoxy) is 1. The number of H-pyrrole nitrogens is 1. The maximum absolute atomic E-state index is 11.6. The van der Waals surface area contributed by atoms with Gasteiger partial charge in [0.25, 0.3) is 5.91 Å². The van der Waals surface area contributed by atoms with Gasteiger partial charge in [-0.15, -0.1) is 0 Å². The molecule has 1 aliphatic carbocycles. The second-order valence-electron chi connectivity index (χ2n) is 4.36. The third-order valence-electron chi connectivity index (χ3n) is 2.69. The van der Waals surface area contributed by atoms with Gasteiger partial charge in [0.15, 0.2) is 0 Å². The summed E-state index contributed by atoms with van der Waals surface area (Å²) in [6, 6.07) is 1.83. The van der Waals surface area contributed by atoms with E-state index in [1.807, 2.05) is 12.3 Å². The molecule has 4 nitrogen and oxygen atoms in total. The fourth-order valence-corrected chi connectivity index (χ4v) is 1.97. The molecule has 1 saturated carbocycles. The predicted molar refractivity (Wildman–Crippen MR) is 74.0 cm³/mol. The molecule has 0 aliphatic heterocycles. The molecule has 5 heteroatoms. The quantitative estimate of drug-likeness (QED) is 0.586. The molecule has 0 saturated heterocycles. The van der Waals surface area contributed by atoms with Gasteiger partial charge in [-0.3, -0.25) is 4.79 Å². The minimum atomic E-state index is -0.0462. The van der Waals surface area contributed by atoms with Crippen LogP contribution in [0.1, 0.15) is 29.8 Å². The maximum atomic E-state index is 11.6. The molecule has 2 rings (SSSR count). The maximum Gasteiger partial charge on any atom is 0.267 e. The number of amides is 1. The number of aromatic nitrogens is 1. The number of carbonyl (C=O) groups excluding carboxylic acids is 1. The van der Waals surface area contributed by atoms with Gasteiger partial charge in [-0.25, -0.2) is 0 Å². The summed E-state index contributed by atoms with van der Waals surface area (Å²) in [6.45, 7) is 2.29. The lowest BCUT2D eigenvalue weighted by molar-refractivity contribution is 0.0933. The van der Waals surface area contributed by atoms with Gasteiger partial charge in [-0.1, -0.05) is 0 Å². The monoisotopic (exact) mass is 348 g/mol. The third-order valence-corrected chi connectivity index (χ3v) is 3.32. The van der Waals surface area contributed by atoms with Crippen molar-refractivity contribution in [2.45, 2.75) is 19.3 Å². The van der Waals surface area contributed by atoms with Crippen LogP contribution in [-0.4, -0.2) is 30.6 Å². The standard InChI is InChI=1S/C12H17IN2O2/c13-10-6-11(15-7-10)12(16)14-4-1-5-17-8-9-2-3-9/h6-7,9,15H,1-5,8H2,(H,14,16). The van der Waals surface area contributed by atoms with Crippen molar-refractivity contribution in [2.75, 3.05) is 19.8 Å². The zero-order valence-electron chi connectivity index (χ0n) is 9.67. The van der Waals surface area contributed by atoms with E-state index in [4.69, 9.17) is 4.74 Å². The lowest BCUT2D eigenvalue weighted by Crippen LogP contribution is -2.25. The Morgan fingerprint density at radius 2 is 2.41 bits per heavy atom. The van der Waals surface area contributed by atoms with E-state index in [1.165, 1.54) is 12.8 Å². The Balaban J connectivity index is 1.53. The fraction of sp³-hybridized carbons (Fsp3) is 0.583. The highest BCUT2D eigenvalue weighted by Crippen LogP contribution is 2.28. The van der Waals surface area contributed by atoms with E-state index < -0.39 is 0 Å². The predicted octanol–water partition coefficient (Wildman–Crippen LogP) is 2.17. The summed E-state index contributed by atoms with van der Waals surface area (Å²) in [5, 5.41) is 2.86. The minimum absolute atomic E-state index is 0.0462. The highest BCUT2D eigenvalue weighted by molar-refractivity contribution is 14.1. The molecule has 1 fully saturated rings. The SMILES string of the molecule is O=C(NCCCOCC1CC1)c1cc(I)c[nH]1. The largest absolute Gasteiger partial charge is 0.381 e. The van der Waals surface area contributed by atoms with E-state index in [9.17, 15) is 4.79 Å². The molecule has 1 aromatic rings. The van der Waals surface area contributed by atoms with Crippen molar-refractivity contribution < 1.29 is 9.53 Å². The van der Waals surface area contributed by atoms with E-state index >= 15 is 0 Å². The molecule has 1 amide bonds. The van der Waals surface area contributed by atoms with Gasteiger partial charge in [0.1, 0.15) is 5.69 Å². The first-order valence-corrected chi connectivity index (χ1v) is 7.03. The Hall–Kier alpha value is -0.560. The summed E-state index contributed by atoms with van der Waals surface area (Å²) in [5.74, 6) is 0.765. The average Bonchev–Trinajstić information content (AvgIpc) is 3.04. The molecule has 1 heterocycles. The number of aromatic amines is 1. The normalized spacial score (nSPS) is 14.9. The summed E-state index contributed by atoms with van der Waals surface area (Å²) in [5.41, 5.74) is 0.619. The van der Waals surface area contributed by atoms with Gasteiger partial charge < -0.3 is 15.0 Å². The third kappa shape index (κ3) is 4.67. The number of halogens is 1. The van der Waals surface area contributed by atoms with Crippen molar-refractivity contribution in [1.29, 1.82) is 0 Å². The molecule has 0 atom stereocenters. The summed E-state index contributed by atoms with van der Waals surface area (Å²) in [6.07, 6.45) is 5.33. The van der Waals surface area contributed by atoms with Crippen molar-refractivity contribution in [3.63, 3.8) is 0 Å². The highest BCUT2D eigenvalue weighted by atomic mass is 127. The summed E-state index contributed by atoms with van der Waals surface area (Å²) in [7, 11) is 0. The molecular weight excluding hydrogens is 331 g/mol. The van der Waals surface area contributed by atoms with Crippen molar-refractivity contribution in [1.82, 2.24) is 10.3 Å². The smallest absolute Gasteiger partial charge is 0.267 e. The van der Waals surface area contributed by atoms with Crippen LogP contribution in [0.3, 0.4) is 0 Å². The van der Waals surface area contributed by atoms with Crippen LogP contribution in [0.2, 0.25) is 0 Å². The topological polar surface area (TPSA) is 54.1 Å². The number of hydrogen-bond acceptors (Lipinski definition) is 2. The summed E-state index contributed by atoms with van der Waals surface area (Å²) < 4.78 is 6.53. The molecule has 1 aromatic heterocycles. The lowest BCUT2D eigenvalue weighted by atomic mass is 10.4. The van der Waals surface area contributed by atoms with Gasteiger partial charge in [0.2, 0.25) is 0 Å². The Labute approximate surface area is 115 Å². The van der Waals surface area contributed by atoms with Gasteiger partial charge in [-0.05, 0) is 53.8 Å². The number of hydrogen-bond donors (Lipinski definition) is 2. The van der Waals surface area contributed by atoms with Crippen LogP contribution in [0.4, 0.5) is 0 Å². The van der Waals surface area contributed by atoms with Gasteiger partial charge in [0, 0.05) is 29.5 Å². The van der Waals surface area contributed by atoms with Crippen LogP contribution in [-0.2, 0) is 4.74 Å². The molecule has 0 spiro atoms. The highest BCUT2D eigenvalue weighted by Gasteiger charge is 2.20. The van der Waals surface area contributed by atoms with Crippen LogP contribution in [0.5, 0.6) is 0 Å². The Morgan fingerprint density at radius 3 is 3.06 bits per heavy atom. The van der Waals surface area contributed by atoms with E-state index in [2.05, 4.69) is 32.9 Å². The molecule has 1 aliphatic rings. The molecule has 0 aromatic carbocycles. The Kier molecular flexibility index (Phi) is 4.85. The fourth-order valence-electron chi connectivity index (χ4n) is 1.50. The van der Waals surface area contributed by atoms with Gasteiger partial charge in [0.05, 0.1) is 0 Å². The molecule has 0 radical (unpaired) electrons. The molecule has 0 unspecified atom stereocenters. The molecule has 94 valence electrons. The zero-order valence-corrected chi connectivity index (χ0v) is 11.8. The minimum Gasteiger partial charge on any atom is -0.381 e. The van der Waals surface area contributed by atoms with Crippen molar-refractivity contribution in [2.24, 2.45) is 5.92 Å². The molecular formula is C12H17IN2O2.